The molecule has 3 aromatic heterocycles. The van der Waals surface area contributed by atoms with Gasteiger partial charge in [0, 0.05) is 41.9 Å². The summed E-state index contributed by atoms with van der Waals surface area (Å²) in [4.78, 5) is 5.39. The normalized spacial score (nSPS) is 17.7. The molecule has 1 N–H and O–H groups in total. The summed E-state index contributed by atoms with van der Waals surface area (Å²) in [5.74, 6) is 0. The van der Waals surface area contributed by atoms with Crippen molar-refractivity contribution >= 4 is 108 Å². The Labute approximate surface area is 296 Å². The number of rotatable bonds is 1. The molecular formula is C46H28N4S. The quantitative estimate of drug-likeness (QED) is 0.186. The highest BCUT2D eigenvalue weighted by Gasteiger charge is 2.42. The van der Waals surface area contributed by atoms with Crippen molar-refractivity contribution in [2.24, 2.45) is 4.99 Å². The maximum Gasteiger partial charge on any atom is 0.148 e. The smallest absolute Gasteiger partial charge is 0.148 e. The fourth-order valence-electron chi connectivity index (χ4n) is 9.63. The third-order valence-electron chi connectivity index (χ3n) is 11.8. The molecule has 13 rings (SSSR count). The van der Waals surface area contributed by atoms with Crippen LogP contribution < -0.4 is 5.32 Å². The number of nitrogens with one attached hydrogen (secondary N) is 1. The van der Waals surface area contributed by atoms with Crippen molar-refractivity contribution in [3.63, 3.8) is 0 Å². The van der Waals surface area contributed by atoms with Crippen molar-refractivity contribution in [3.8, 4) is 0 Å². The van der Waals surface area contributed by atoms with Crippen molar-refractivity contribution in [2.75, 3.05) is 5.32 Å². The summed E-state index contributed by atoms with van der Waals surface area (Å²) in [6.07, 6.45) is 3.39. The van der Waals surface area contributed by atoms with Gasteiger partial charge in [-0.2, -0.15) is 0 Å². The van der Waals surface area contributed by atoms with E-state index < -0.39 is 0 Å². The Hall–Kier alpha value is -6.17. The number of anilines is 1. The fourth-order valence-corrected chi connectivity index (χ4v) is 10.7. The molecule has 0 spiro atoms. The zero-order chi connectivity index (χ0) is 32.9. The first-order valence-corrected chi connectivity index (χ1v) is 18.6. The van der Waals surface area contributed by atoms with E-state index in [1.807, 2.05) is 11.3 Å². The van der Waals surface area contributed by atoms with E-state index in [1.165, 1.54) is 91.3 Å². The molecule has 3 aliphatic rings. The Morgan fingerprint density at radius 3 is 2.27 bits per heavy atom. The van der Waals surface area contributed by atoms with Crippen LogP contribution in [0.5, 0.6) is 0 Å². The summed E-state index contributed by atoms with van der Waals surface area (Å²) in [5.41, 5.74) is 11.0. The second-order valence-electron chi connectivity index (χ2n) is 14.3. The Morgan fingerprint density at radius 2 is 1.35 bits per heavy atom. The van der Waals surface area contributed by atoms with E-state index in [1.54, 1.807) is 0 Å². The third-order valence-corrected chi connectivity index (χ3v) is 12.9. The molecule has 1 aliphatic carbocycles. The molecule has 0 fully saturated rings. The van der Waals surface area contributed by atoms with E-state index in [4.69, 9.17) is 4.99 Å². The van der Waals surface area contributed by atoms with E-state index in [-0.39, 0.29) is 12.2 Å². The van der Waals surface area contributed by atoms with Gasteiger partial charge in [-0.1, -0.05) is 91.0 Å². The molecule has 0 amide bonds. The summed E-state index contributed by atoms with van der Waals surface area (Å²) < 4.78 is 7.86. The minimum Gasteiger partial charge on any atom is -0.358 e. The van der Waals surface area contributed by atoms with Gasteiger partial charge in [-0.3, -0.25) is 0 Å². The number of benzene rings is 7. The fraction of sp³-hybridized carbons (Fsp3) is 0.0652. The van der Waals surface area contributed by atoms with Crippen LogP contribution >= 0.6 is 11.3 Å². The molecule has 5 heteroatoms. The van der Waals surface area contributed by atoms with Crippen molar-refractivity contribution in [3.05, 3.63) is 151 Å². The van der Waals surface area contributed by atoms with Crippen LogP contribution in [-0.4, -0.2) is 14.8 Å². The van der Waals surface area contributed by atoms with Gasteiger partial charge in [-0.05, 0) is 82.1 Å². The van der Waals surface area contributed by atoms with Crippen LogP contribution in [0.1, 0.15) is 23.5 Å². The van der Waals surface area contributed by atoms with Gasteiger partial charge in [0.05, 0.1) is 45.4 Å². The van der Waals surface area contributed by atoms with Gasteiger partial charge in [-0.25, -0.2) is 4.99 Å². The highest BCUT2D eigenvalue weighted by molar-refractivity contribution is 7.25. The highest BCUT2D eigenvalue weighted by atomic mass is 32.1. The van der Waals surface area contributed by atoms with E-state index in [9.17, 15) is 0 Å². The molecule has 10 aromatic rings. The molecule has 51 heavy (non-hydrogen) atoms. The zero-order valence-electron chi connectivity index (χ0n) is 27.4. The van der Waals surface area contributed by atoms with Gasteiger partial charge < -0.3 is 14.5 Å². The topological polar surface area (TPSA) is 34.2 Å². The maximum absolute atomic E-state index is 5.39. The number of hydrogen-bond acceptors (Lipinski definition) is 3. The summed E-state index contributed by atoms with van der Waals surface area (Å²) in [7, 11) is 0. The molecule has 2 aliphatic heterocycles. The Kier molecular flexibility index (Phi) is 4.88. The molecule has 5 heterocycles. The molecule has 0 saturated heterocycles. The summed E-state index contributed by atoms with van der Waals surface area (Å²) >= 11 is 1.90. The lowest BCUT2D eigenvalue weighted by Crippen LogP contribution is -2.24. The van der Waals surface area contributed by atoms with Gasteiger partial charge in [-0.15, -0.1) is 11.3 Å². The van der Waals surface area contributed by atoms with Gasteiger partial charge in [0.25, 0.3) is 0 Å². The predicted molar refractivity (Wildman–Crippen MR) is 216 cm³/mol. The minimum atomic E-state index is -0.0578. The van der Waals surface area contributed by atoms with Crippen LogP contribution in [0.2, 0.25) is 0 Å². The third kappa shape index (κ3) is 3.37. The lowest BCUT2D eigenvalue weighted by atomic mass is 9.89. The second-order valence-corrected chi connectivity index (χ2v) is 15.4. The number of allylic oxidation sites excluding steroid dienone is 1. The molecular weight excluding hydrogens is 641 g/mol. The largest absolute Gasteiger partial charge is 0.358 e. The van der Waals surface area contributed by atoms with Crippen molar-refractivity contribution in [2.45, 2.75) is 18.6 Å². The predicted octanol–water partition coefficient (Wildman–Crippen LogP) is 12.3. The van der Waals surface area contributed by atoms with E-state index >= 15 is 0 Å². The Bertz CT molecular complexity index is 3280. The van der Waals surface area contributed by atoms with E-state index in [2.05, 4.69) is 154 Å². The van der Waals surface area contributed by atoms with Crippen molar-refractivity contribution in [1.82, 2.24) is 9.13 Å². The van der Waals surface area contributed by atoms with Crippen LogP contribution in [-0.2, 0) is 6.42 Å². The standard InChI is InChI=1S/C46H28N4S/c1-2-11-27-20-39-31(19-26(27)10-1)33-21-28(22-35-44-46(50(39)45(33)35)48-37-15-7-6-14-36(37)47-44)49-38-18-17-25-9-3-4-12-29(25)43(38)34-23-32-30-13-5-8-16-41(30)51-42(32)24-40(34)49/h1-20,22-24,28,46,48H,21H2. The molecule has 4 nitrogen and oxygen atoms in total. The van der Waals surface area contributed by atoms with Crippen molar-refractivity contribution < 1.29 is 0 Å². The van der Waals surface area contributed by atoms with Crippen LogP contribution in [0.3, 0.4) is 0 Å². The molecule has 0 saturated carbocycles. The number of aliphatic imine (C=N–C) groups is 1. The first kappa shape index (κ1) is 26.7. The van der Waals surface area contributed by atoms with Crippen LogP contribution in [0.25, 0.3) is 80.0 Å². The molecule has 238 valence electrons. The number of nitrogens with zero attached hydrogens (tertiary/aromatic N) is 3. The summed E-state index contributed by atoms with van der Waals surface area (Å²) in [6.45, 7) is 0. The molecule has 7 aromatic carbocycles. The highest BCUT2D eigenvalue weighted by Crippen LogP contribution is 2.52. The average molecular weight is 669 g/mol. The van der Waals surface area contributed by atoms with Gasteiger partial charge >= 0.3 is 0 Å². The molecule has 0 bridgehead atoms. The van der Waals surface area contributed by atoms with Crippen molar-refractivity contribution in [1.29, 1.82) is 0 Å². The van der Waals surface area contributed by atoms with Crippen LogP contribution in [0, 0.1) is 0 Å². The Morgan fingerprint density at radius 1 is 0.588 bits per heavy atom. The molecule has 0 radical (unpaired) electrons. The Balaban J connectivity index is 1.14. The van der Waals surface area contributed by atoms with Gasteiger partial charge in [0.1, 0.15) is 6.17 Å². The van der Waals surface area contributed by atoms with Gasteiger partial charge in [0.15, 0.2) is 0 Å². The first-order chi connectivity index (χ1) is 25.3. The second kappa shape index (κ2) is 9.33. The molecule has 2 atom stereocenters. The monoisotopic (exact) mass is 668 g/mol. The van der Waals surface area contributed by atoms with E-state index in [0.29, 0.717) is 0 Å². The van der Waals surface area contributed by atoms with Gasteiger partial charge in [0.2, 0.25) is 0 Å². The summed E-state index contributed by atoms with van der Waals surface area (Å²) in [5, 5.41) is 15.7. The number of thiophene rings is 1. The first-order valence-electron chi connectivity index (χ1n) is 17.8. The number of para-hydroxylation sites is 2. The van der Waals surface area contributed by atoms with Crippen LogP contribution in [0.15, 0.2) is 145 Å². The number of fused-ring (bicyclic) bond motifs is 16. The SMILES string of the molecule is C1=C2C3=Nc4ccccc4NC3n3c2c(c2cc4ccccc4cc23)CC1n1c2cc3sc4ccccc4c3cc2c2c3ccccc3ccc21. The average Bonchev–Trinajstić information content (AvgIpc) is 3.90. The number of aromatic nitrogens is 2. The lowest BCUT2D eigenvalue weighted by molar-refractivity contribution is 0.633. The minimum absolute atomic E-state index is 0.0578. The zero-order valence-corrected chi connectivity index (χ0v) is 28.2. The maximum atomic E-state index is 5.39. The molecule has 2 unspecified atom stereocenters. The van der Waals surface area contributed by atoms with E-state index in [0.717, 1.165) is 23.5 Å². The lowest BCUT2D eigenvalue weighted by Gasteiger charge is -2.26. The summed E-state index contributed by atoms with van der Waals surface area (Å²) in [6, 6.07) is 49.5. The van der Waals surface area contributed by atoms with Crippen LogP contribution in [0.4, 0.5) is 11.4 Å². The number of hydrogen-bond donors (Lipinski definition) is 1.